The van der Waals surface area contributed by atoms with Crippen LogP contribution in [0.2, 0.25) is 0 Å². The first-order valence-electron chi connectivity index (χ1n) is 6.23. The Morgan fingerprint density at radius 3 is 2.70 bits per heavy atom. The van der Waals surface area contributed by atoms with Crippen LogP contribution >= 0.6 is 0 Å². The second kappa shape index (κ2) is 6.15. The molecular formula is C17H15FO2. The molecule has 0 spiro atoms. The Kier molecular flexibility index (Phi) is 4.31. The molecule has 0 heterocycles. The number of ether oxygens (including phenoxy) is 1. The number of ketones is 1. The quantitative estimate of drug-likeness (QED) is 0.619. The van der Waals surface area contributed by atoms with Crippen molar-refractivity contribution >= 4 is 11.9 Å². The van der Waals surface area contributed by atoms with Crippen molar-refractivity contribution in [3.05, 3.63) is 71.0 Å². The molecule has 0 aliphatic rings. The number of carbonyl (C=O) groups excluding carboxylic acids is 1. The average Bonchev–Trinajstić information content (AvgIpc) is 2.48. The third-order valence-corrected chi connectivity index (χ3v) is 3.08. The minimum atomic E-state index is -0.277. The lowest BCUT2D eigenvalue weighted by Gasteiger charge is -2.02. The summed E-state index contributed by atoms with van der Waals surface area (Å²) >= 11 is 0. The Balaban J connectivity index is 2.22. The number of halogens is 1. The molecule has 0 unspecified atom stereocenters. The molecule has 0 aliphatic heterocycles. The largest absolute Gasteiger partial charge is 0.497 e. The fourth-order valence-electron chi connectivity index (χ4n) is 1.84. The molecule has 2 aromatic carbocycles. The van der Waals surface area contributed by atoms with Crippen LogP contribution in [0.15, 0.2) is 48.5 Å². The van der Waals surface area contributed by atoms with Crippen molar-refractivity contribution < 1.29 is 13.9 Å². The van der Waals surface area contributed by atoms with Gasteiger partial charge in [0.05, 0.1) is 7.11 Å². The number of hydrogen-bond acceptors (Lipinski definition) is 2. The van der Waals surface area contributed by atoms with Gasteiger partial charge in [0.25, 0.3) is 0 Å². The number of rotatable bonds is 4. The summed E-state index contributed by atoms with van der Waals surface area (Å²) in [4.78, 5) is 12.0. The third kappa shape index (κ3) is 3.12. The van der Waals surface area contributed by atoms with Crippen molar-refractivity contribution in [3.8, 4) is 5.75 Å². The van der Waals surface area contributed by atoms with E-state index < -0.39 is 0 Å². The van der Waals surface area contributed by atoms with Crippen molar-refractivity contribution in [2.75, 3.05) is 7.11 Å². The molecule has 102 valence electrons. The second-order valence-corrected chi connectivity index (χ2v) is 4.38. The van der Waals surface area contributed by atoms with Crippen molar-refractivity contribution in [1.29, 1.82) is 0 Å². The van der Waals surface area contributed by atoms with Crippen molar-refractivity contribution in [2.24, 2.45) is 0 Å². The molecule has 0 saturated heterocycles. The van der Waals surface area contributed by atoms with Gasteiger partial charge >= 0.3 is 0 Å². The van der Waals surface area contributed by atoms with Crippen LogP contribution < -0.4 is 4.74 Å². The molecule has 0 amide bonds. The van der Waals surface area contributed by atoms with Gasteiger partial charge in [-0.15, -0.1) is 0 Å². The normalized spacial score (nSPS) is 10.8. The zero-order valence-corrected chi connectivity index (χ0v) is 11.4. The van der Waals surface area contributed by atoms with E-state index in [9.17, 15) is 9.18 Å². The lowest BCUT2D eigenvalue weighted by atomic mass is 10.1. The molecule has 2 nitrogen and oxygen atoms in total. The van der Waals surface area contributed by atoms with Crippen LogP contribution in [0.3, 0.4) is 0 Å². The van der Waals surface area contributed by atoms with E-state index in [4.69, 9.17) is 4.74 Å². The summed E-state index contributed by atoms with van der Waals surface area (Å²) in [5, 5.41) is 0. The Morgan fingerprint density at radius 2 is 1.95 bits per heavy atom. The zero-order chi connectivity index (χ0) is 14.5. The molecule has 0 bridgehead atoms. The zero-order valence-electron chi connectivity index (χ0n) is 11.4. The van der Waals surface area contributed by atoms with Crippen LogP contribution in [0, 0.1) is 12.7 Å². The van der Waals surface area contributed by atoms with Gasteiger partial charge in [-0.05, 0) is 42.3 Å². The van der Waals surface area contributed by atoms with Gasteiger partial charge in [0.2, 0.25) is 0 Å². The summed E-state index contributed by atoms with van der Waals surface area (Å²) in [6.45, 7) is 1.69. The first-order valence-corrected chi connectivity index (χ1v) is 6.23. The van der Waals surface area contributed by atoms with Gasteiger partial charge in [-0.25, -0.2) is 4.39 Å². The van der Waals surface area contributed by atoms with E-state index in [1.54, 1.807) is 56.5 Å². The van der Waals surface area contributed by atoms with Gasteiger partial charge in [0.1, 0.15) is 11.6 Å². The monoisotopic (exact) mass is 270 g/mol. The van der Waals surface area contributed by atoms with Crippen LogP contribution in [-0.4, -0.2) is 12.9 Å². The summed E-state index contributed by atoms with van der Waals surface area (Å²) in [6, 6.07) is 11.7. The lowest BCUT2D eigenvalue weighted by Crippen LogP contribution is -1.95. The van der Waals surface area contributed by atoms with E-state index in [0.29, 0.717) is 22.4 Å². The maximum absolute atomic E-state index is 13.4. The highest BCUT2D eigenvalue weighted by Gasteiger charge is 2.04. The Hall–Kier alpha value is -2.42. The number of hydrogen-bond donors (Lipinski definition) is 0. The van der Waals surface area contributed by atoms with Gasteiger partial charge in [-0.1, -0.05) is 30.3 Å². The number of methoxy groups -OCH3 is 1. The number of carbonyl (C=O) groups is 1. The highest BCUT2D eigenvalue weighted by molar-refractivity contribution is 6.07. The molecule has 0 aromatic heterocycles. The van der Waals surface area contributed by atoms with Crippen LogP contribution in [-0.2, 0) is 0 Å². The first-order chi connectivity index (χ1) is 9.61. The molecule has 0 radical (unpaired) electrons. The molecule has 0 saturated carbocycles. The fourth-order valence-corrected chi connectivity index (χ4v) is 1.84. The van der Waals surface area contributed by atoms with Crippen LogP contribution in [0.5, 0.6) is 5.75 Å². The van der Waals surface area contributed by atoms with Gasteiger partial charge < -0.3 is 4.74 Å². The molecular weight excluding hydrogens is 255 g/mol. The Bertz CT molecular complexity index is 660. The topological polar surface area (TPSA) is 26.3 Å². The van der Waals surface area contributed by atoms with E-state index in [1.165, 1.54) is 12.1 Å². The van der Waals surface area contributed by atoms with Crippen molar-refractivity contribution in [3.63, 3.8) is 0 Å². The molecule has 0 atom stereocenters. The molecule has 0 fully saturated rings. The number of benzene rings is 2. The summed E-state index contributed by atoms with van der Waals surface area (Å²) in [7, 11) is 1.55. The molecule has 2 rings (SSSR count). The van der Waals surface area contributed by atoms with E-state index in [-0.39, 0.29) is 11.6 Å². The predicted octanol–water partition coefficient (Wildman–Crippen LogP) is 4.04. The summed E-state index contributed by atoms with van der Waals surface area (Å²) in [5.74, 6) is 0.208. The van der Waals surface area contributed by atoms with Crippen molar-refractivity contribution in [1.82, 2.24) is 0 Å². The highest BCUT2D eigenvalue weighted by atomic mass is 19.1. The van der Waals surface area contributed by atoms with Gasteiger partial charge in [0, 0.05) is 5.56 Å². The maximum atomic E-state index is 13.4. The van der Waals surface area contributed by atoms with Crippen molar-refractivity contribution in [2.45, 2.75) is 6.92 Å². The smallest absolute Gasteiger partial charge is 0.185 e. The Morgan fingerprint density at radius 1 is 1.20 bits per heavy atom. The maximum Gasteiger partial charge on any atom is 0.185 e. The van der Waals surface area contributed by atoms with E-state index in [1.807, 2.05) is 0 Å². The highest BCUT2D eigenvalue weighted by Crippen LogP contribution is 2.16. The second-order valence-electron chi connectivity index (χ2n) is 4.38. The summed E-state index contributed by atoms with van der Waals surface area (Å²) < 4.78 is 18.5. The van der Waals surface area contributed by atoms with Gasteiger partial charge in [-0.3, -0.25) is 4.79 Å². The molecule has 0 N–H and O–H groups in total. The minimum absolute atomic E-state index is 0.146. The average molecular weight is 270 g/mol. The Labute approximate surface area is 117 Å². The number of allylic oxidation sites excluding steroid dienone is 1. The molecule has 2 aromatic rings. The van der Waals surface area contributed by atoms with E-state index in [0.717, 1.165) is 0 Å². The molecule has 0 aliphatic carbocycles. The lowest BCUT2D eigenvalue weighted by molar-refractivity contribution is 0.104. The first kappa shape index (κ1) is 14.0. The fraction of sp³-hybridized carbons (Fsp3) is 0.118. The predicted molar refractivity (Wildman–Crippen MR) is 77.5 cm³/mol. The third-order valence-electron chi connectivity index (χ3n) is 3.08. The SMILES string of the molecule is COc1cccc(C(=O)C=Cc2cccc(F)c2C)c1. The van der Waals surface area contributed by atoms with E-state index >= 15 is 0 Å². The van der Waals surface area contributed by atoms with Crippen LogP contribution in [0.25, 0.3) is 6.08 Å². The van der Waals surface area contributed by atoms with Gasteiger partial charge in [0.15, 0.2) is 5.78 Å². The van der Waals surface area contributed by atoms with Gasteiger partial charge in [-0.2, -0.15) is 0 Å². The minimum Gasteiger partial charge on any atom is -0.497 e. The molecule has 20 heavy (non-hydrogen) atoms. The summed E-state index contributed by atoms with van der Waals surface area (Å²) in [5.41, 5.74) is 1.76. The standard InChI is InChI=1S/C17H15FO2/c1-12-13(5-4-8-16(12)18)9-10-17(19)14-6-3-7-15(11-14)20-2/h3-11H,1-2H3. The van der Waals surface area contributed by atoms with E-state index in [2.05, 4.69) is 0 Å². The van der Waals surface area contributed by atoms with Crippen LogP contribution in [0.1, 0.15) is 21.5 Å². The van der Waals surface area contributed by atoms with Crippen LogP contribution in [0.4, 0.5) is 4.39 Å². The summed E-state index contributed by atoms with van der Waals surface area (Å²) in [6.07, 6.45) is 3.07. The molecule has 3 heteroatoms.